The number of aryl methyl sites for hydroxylation is 1. The van der Waals surface area contributed by atoms with Crippen LogP contribution in [-0.2, 0) is 16.1 Å². The SMILES string of the molecule is CCOC(=O)[C@H]1CCCN(Cc2nc(-c3ccc(F)cc3F)oc2C)C1. The molecule has 0 amide bonds. The quantitative estimate of drug-likeness (QED) is 0.757. The van der Waals surface area contributed by atoms with Crippen molar-refractivity contribution in [2.24, 2.45) is 5.92 Å². The first-order chi connectivity index (χ1) is 12.5. The number of hydrogen-bond acceptors (Lipinski definition) is 5. The molecule has 0 radical (unpaired) electrons. The second-order valence-corrected chi connectivity index (χ2v) is 6.47. The Bertz CT molecular complexity index is 791. The third kappa shape index (κ3) is 4.09. The number of carbonyl (C=O) groups is 1. The number of esters is 1. The molecular weight excluding hydrogens is 342 g/mol. The molecule has 0 unspecified atom stereocenters. The summed E-state index contributed by atoms with van der Waals surface area (Å²) in [7, 11) is 0. The van der Waals surface area contributed by atoms with E-state index >= 15 is 0 Å². The first-order valence-corrected chi connectivity index (χ1v) is 8.78. The van der Waals surface area contributed by atoms with Gasteiger partial charge in [0.15, 0.2) is 0 Å². The van der Waals surface area contributed by atoms with Crippen LogP contribution >= 0.6 is 0 Å². The highest BCUT2D eigenvalue weighted by molar-refractivity contribution is 5.72. The summed E-state index contributed by atoms with van der Waals surface area (Å²) in [6.07, 6.45) is 1.72. The summed E-state index contributed by atoms with van der Waals surface area (Å²) < 4.78 is 37.7. The van der Waals surface area contributed by atoms with Crippen LogP contribution < -0.4 is 0 Å². The maximum atomic E-state index is 13.9. The van der Waals surface area contributed by atoms with Gasteiger partial charge in [0.25, 0.3) is 0 Å². The monoisotopic (exact) mass is 364 g/mol. The van der Waals surface area contributed by atoms with Crippen LogP contribution in [0.2, 0.25) is 0 Å². The number of benzene rings is 1. The van der Waals surface area contributed by atoms with E-state index in [2.05, 4.69) is 9.88 Å². The molecule has 1 aliphatic rings. The summed E-state index contributed by atoms with van der Waals surface area (Å²) in [4.78, 5) is 18.5. The summed E-state index contributed by atoms with van der Waals surface area (Å²) in [6, 6.07) is 3.30. The smallest absolute Gasteiger partial charge is 0.310 e. The van der Waals surface area contributed by atoms with Crippen molar-refractivity contribution >= 4 is 5.97 Å². The van der Waals surface area contributed by atoms with Gasteiger partial charge in [0.1, 0.15) is 17.4 Å². The van der Waals surface area contributed by atoms with Gasteiger partial charge in [-0.1, -0.05) is 0 Å². The third-order valence-electron chi connectivity index (χ3n) is 4.55. The molecule has 0 saturated carbocycles. The first kappa shape index (κ1) is 18.5. The lowest BCUT2D eigenvalue weighted by Crippen LogP contribution is -2.39. The van der Waals surface area contributed by atoms with Gasteiger partial charge in [0.2, 0.25) is 5.89 Å². The molecule has 2 aromatic rings. The third-order valence-corrected chi connectivity index (χ3v) is 4.55. The molecule has 7 heteroatoms. The number of ether oxygens (including phenoxy) is 1. The van der Waals surface area contributed by atoms with E-state index in [9.17, 15) is 13.6 Å². The number of aromatic nitrogens is 1. The van der Waals surface area contributed by atoms with Crippen LogP contribution in [0.5, 0.6) is 0 Å². The van der Waals surface area contributed by atoms with Crippen LogP contribution in [0.25, 0.3) is 11.5 Å². The van der Waals surface area contributed by atoms with E-state index in [0.717, 1.165) is 25.5 Å². The van der Waals surface area contributed by atoms with Crippen LogP contribution in [-0.4, -0.2) is 35.5 Å². The van der Waals surface area contributed by atoms with E-state index in [-0.39, 0.29) is 23.3 Å². The molecule has 1 aromatic heterocycles. The van der Waals surface area contributed by atoms with Gasteiger partial charge in [0, 0.05) is 19.2 Å². The Morgan fingerprint density at radius 1 is 1.42 bits per heavy atom. The fourth-order valence-corrected chi connectivity index (χ4v) is 3.22. The Labute approximate surface area is 151 Å². The predicted molar refractivity (Wildman–Crippen MR) is 91.2 cm³/mol. The molecular formula is C19H22F2N2O3. The highest BCUT2D eigenvalue weighted by Gasteiger charge is 2.28. The van der Waals surface area contributed by atoms with E-state index in [1.165, 1.54) is 12.1 Å². The standard InChI is InChI=1S/C19H22F2N2O3/c1-3-25-19(24)13-5-4-8-23(10-13)11-17-12(2)26-18(22-17)15-7-6-14(20)9-16(15)21/h6-7,9,13H,3-5,8,10-11H2,1-2H3/t13-/m0/s1. The number of piperidine rings is 1. The van der Waals surface area contributed by atoms with E-state index in [1.54, 1.807) is 13.8 Å². The van der Waals surface area contributed by atoms with Crippen molar-refractivity contribution in [2.75, 3.05) is 19.7 Å². The van der Waals surface area contributed by atoms with Gasteiger partial charge in [-0.2, -0.15) is 0 Å². The molecule has 0 bridgehead atoms. The summed E-state index contributed by atoms with van der Waals surface area (Å²) in [6.45, 7) is 5.90. The lowest BCUT2D eigenvalue weighted by Gasteiger charge is -2.30. The average Bonchev–Trinajstić information content (AvgIpc) is 2.95. The number of halogens is 2. The number of nitrogens with zero attached hydrogens (tertiary/aromatic N) is 2. The number of rotatable bonds is 5. The van der Waals surface area contributed by atoms with Gasteiger partial charge in [-0.05, 0) is 45.4 Å². The molecule has 3 rings (SSSR count). The van der Waals surface area contributed by atoms with E-state index in [0.29, 0.717) is 31.2 Å². The molecule has 26 heavy (non-hydrogen) atoms. The molecule has 140 valence electrons. The van der Waals surface area contributed by atoms with Crippen LogP contribution in [0.15, 0.2) is 22.6 Å². The molecule has 1 atom stereocenters. The summed E-state index contributed by atoms with van der Waals surface area (Å²) in [5, 5.41) is 0. The Morgan fingerprint density at radius 3 is 2.96 bits per heavy atom. The van der Waals surface area contributed by atoms with Gasteiger partial charge < -0.3 is 9.15 Å². The number of hydrogen-bond donors (Lipinski definition) is 0. The maximum absolute atomic E-state index is 13.9. The lowest BCUT2D eigenvalue weighted by molar-refractivity contribution is -0.150. The van der Waals surface area contributed by atoms with Gasteiger partial charge in [-0.3, -0.25) is 9.69 Å². The molecule has 2 heterocycles. The molecule has 1 fully saturated rings. The Kier molecular flexibility index (Phi) is 5.66. The first-order valence-electron chi connectivity index (χ1n) is 8.78. The van der Waals surface area contributed by atoms with E-state index in [1.807, 2.05) is 0 Å². The van der Waals surface area contributed by atoms with Crippen LogP contribution in [0, 0.1) is 24.5 Å². The summed E-state index contributed by atoms with van der Waals surface area (Å²) in [5.41, 5.74) is 0.817. The highest BCUT2D eigenvalue weighted by Crippen LogP contribution is 2.27. The number of oxazole rings is 1. The normalized spacial score (nSPS) is 18.1. The van der Waals surface area contributed by atoms with Gasteiger partial charge in [-0.25, -0.2) is 13.8 Å². The highest BCUT2D eigenvalue weighted by atomic mass is 19.1. The zero-order chi connectivity index (χ0) is 18.7. The molecule has 1 saturated heterocycles. The van der Waals surface area contributed by atoms with Crippen molar-refractivity contribution in [1.29, 1.82) is 0 Å². The van der Waals surface area contributed by atoms with Crippen molar-refractivity contribution in [3.63, 3.8) is 0 Å². The van der Waals surface area contributed by atoms with Crippen molar-refractivity contribution < 1.29 is 22.7 Å². The van der Waals surface area contributed by atoms with Crippen molar-refractivity contribution in [3.05, 3.63) is 41.3 Å². The molecule has 1 aromatic carbocycles. The topological polar surface area (TPSA) is 55.6 Å². The number of likely N-dealkylation sites (tertiary alicyclic amines) is 1. The fraction of sp³-hybridized carbons (Fsp3) is 0.474. The lowest BCUT2D eigenvalue weighted by atomic mass is 9.98. The largest absolute Gasteiger partial charge is 0.466 e. The molecule has 0 N–H and O–H groups in total. The van der Waals surface area contributed by atoms with Crippen LogP contribution in [0.1, 0.15) is 31.2 Å². The van der Waals surface area contributed by atoms with Gasteiger partial charge in [0.05, 0.1) is 23.8 Å². The van der Waals surface area contributed by atoms with Gasteiger partial charge >= 0.3 is 5.97 Å². The second kappa shape index (κ2) is 7.95. The Hall–Kier alpha value is -2.28. The Morgan fingerprint density at radius 2 is 2.23 bits per heavy atom. The number of carbonyl (C=O) groups excluding carboxylic acids is 1. The van der Waals surface area contributed by atoms with E-state index < -0.39 is 11.6 Å². The van der Waals surface area contributed by atoms with Gasteiger partial charge in [-0.15, -0.1) is 0 Å². The average molecular weight is 364 g/mol. The summed E-state index contributed by atoms with van der Waals surface area (Å²) >= 11 is 0. The zero-order valence-electron chi connectivity index (χ0n) is 14.9. The summed E-state index contributed by atoms with van der Waals surface area (Å²) in [5.74, 6) is -0.935. The maximum Gasteiger partial charge on any atom is 0.310 e. The fourth-order valence-electron chi connectivity index (χ4n) is 3.22. The predicted octanol–water partition coefficient (Wildman–Crippen LogP) is 3.70. The Balaban J connectivity index is 1.72. The minimum Gasteiger partial charge on any atom is -0.466 e. The molecule has 0 aliphatic carbocycles. The molecule has 5 nitrogen and oxygen atoms in total. The van der Waals surface area contributed by atoms with E-state index in [4.69, 9.17) is 9.15 Å². The minimum atomic E-state index is -0.710. The molecule has 0 spiro atoms. The van der Waals surface area contributed by atoms with Crippen LogP contribution in [0.4, 0.5) is 8.78 Å². The minimum absolute atomic E-state index is 0.129. The second-order valence-electron chi connectivity index (χ2n) is 6.47. The van der Waals surface area contributed by atoms with Crippen molar-refractivity contribution in [3.8, 4) is 11.5 Å². The molecule has 1 aliphatic heterocycles. The zero-order valence-corrected chi connectivity index (χ0v) is 14.9. The van der Waals surface area contributed by atoms with Crippen molar-refractivity contribution in [1.82, 2.24) is 9.88 Å². The van der Waals surface area contributed by atoms with Crippen LogP contribution in [0.3, 0.4) is 0 Å². The van der Waals surface area contributed by atoms with Crippen molar-refractivity contribution in [2.45, 2.75) is 33.2 Å².